The van der Waals surface area contributed by atoms with E-state index in [0.717, 1.165) is 28.0 Å². The van der Waals surface area contributed by atoms with Crippen LogP contribution < -0.4 is 0 Å². The zero-order valence-electron chi connectivity index (χ0n) is 11.1. The first-order chi connectivity index (χ1) is 7.97. The number of hydrogen-bond acceptors (Lipinski definition) is 2. The van der Waals surface area contributed by atoms with Crippen LogP contribution in [0, 0.1) is 17.6 Å². The standard InChI is InChI=1S/C12H20N4S/c1-6-7(2)9(4)16-11-10(13-12(16)17)8(3)14-15(11)5/h7,9H,6H2,1-5H3,(H,13,17). The van der Waals surface area contributed by atoms with Crippen molar-refractivity contribution in [2.45, 2.75) is 40.2 Å². The summed E-state index contributed by atoms with van der Waals surface area (Å²) in [6.07, 6.45) is 1.15. The summed E-state index contributed by atoms with van der Waals surface area (Å²) in [6.45, 7) is 8.70. The van der Waals surface area contributed by atoms with Crippen LogP contribution in [0.25, 0.3) is 11.2 Å². The SMILES string of the molecule is CCC(C)C(C)n1c(=S)[nH]c2c(C)nn(C)c21. The fourth-order valence-corrected chi connectivity index (χ4v) is 2.66. The van der Waals surface area contributed by atoms with Gasteiger partial charge in [0.1, 0.15) is 5.52 Å². The second-order valence-electron chi connectivity index (χ2n) is 4.83. The van der Waals surface area contributed by atoms with Gasteiger partial charge in [0.25, 0.3) is 0 Å². The van der Waals surface area contributed by atoms with E-state index >= 15 is 0 Å². The van der Waals surface area contributed by atoms with Crippen LogP contribution in [0.15, 0.2) is 0 Å². The molecule has 0 fully saturated rings. The molecule has 4 nitrogen and oxygen atoms in total. The summed E-state index contributed by atoms with van der Waals surface area (Å²) < 4.78 is 4.90. The Labute approximate surface area is 107 Å². The van der Waals surface area contributed by atoms with Gasteiger partial charge in [0.2, 0.25) is 0 Å². The van der Waals surface area contributed by atoms with Crippen LogP contribution in [0.1, 0.15) is 38.9 Å². The molecular weight excluding hydrogens is 232 g/mol. The van der Waals surface area contributed by atoms with Gasteiger partial charge in [-0.05, 0) is 32.0 Å². The van der Waals surface area contributed by atoms with E-state index in [4.69, 9.17) is 12.2 Å². The number of fused-ring (bicyclic) bond motifs is 1. The fourth-order valence-electron chi connectivity index (χ4n) is 2.31. The first kappa shape index (κ1) is 12.4. The summed E-state index contributed by atoms with van der Waals surface area (Å²) in [6, 6.07) is 0.385. The highest BCUT2D eigenvalue weighted by atomic mass is 32.1. The van der Waals surface area contributed by atoms with Crippen molar-refractivity contribution in [2.75, 3.05) is 0 Å². The van der Waals surface area contributed by atoms with Gasteiger partial charge in [-0.15, -0.1) is 0 Å². The summed E-state index contributed by atoms with van der Waals surface area (Å²) >= 11 is 5.44. The van der Waals surface area contributed by atoms with E-state index in [1.807, 2.05) is 18.7 Å². The van der Waals surface area contributed by atoms with Gasteiger partial charge >= 0.3 is 0 Å². The highest BCUT2D eigenvalue weighted by molar-refractivity contribution is 7.71. The van der Waals surface area contributed by atoms with Crippen molar-refractivity contribution < 1.29 is 0 Å². The number of aromatic amines is 1. The predicted molar refractivity (Wildman–Crippen MR) is 72.8 cm³/mol. The van der Waals surface area contributed by atoms with E-state index in [-0.39, 0.29) is 0 Å². The second kappa shape index (κ2) is 4.29. The lowest BCUT2D eigenvalue weighted by atomic mass is 10.0. The smallest absolute Gasteiger partial charge is 0.179 e. The topological polar surface area (TPSA) is 38.5 Å². The molecule has 2 atom stereocenters. The molecule has 17 heavy (non-hydrogen) atoms. The molecule has 0 aromatic carbocycles. The Balaban J connectivity index is 2.68. The first-order valence-corrected chi connectivity index (χ1v) is 6.52. The van der Waals surface area contributed by atoms with Crippen molar-refractivity contribution in [1.82, 2.24) is 19.3 Å². The number of aromatic nitrogens is 4. The normalized spacial score (nSPS) is 15.4. The molecule has 0 saturated carbocycles. The van der Waals surface area contributed by atoms with Crippen molar-refractivity contribution in [1.29, 1.82) is 0 Å². The molecule has 2 heterocycles. The van der Waals surface area contributed by atoms with Gasteiger partial charge in [0.15, 0.2) is 10.4 Å². The van der Waals surface area contributed by atoms with E-state index in [1.165, 1.54) is 0 Å². The quantitative estimate of drug-likeness (QED) is 0.851. The fraction of sp³-hybridized carbons (Fsp3) is 0.667. The molecule has 1 N–H and O–H groups in total. The van der Waals surface area contributed by atoms with Crippen LogP contribution in [-0.4, -0.2) is 19.3 Å². The zero-order valence-corrected chi connectivity index (χ0v) is 11.9. The summed E-state index contributed by atoms with van der Waals surface area (Å²) in [5.41, 5.74) is 3.16. The Hall–Kier alpha value is -1.10. The molecule has 2 unspecified atom stereocenters. The van der Waals surface area contributed by atoms with Gasteiger partial charge in [-0.3, -0.25) is 9.25 Å². The maximum Gasteiger partial charge on any atom is 0.179 e. The van der Waals surface area contributed by atoms with E-state index in [2.05, 4.69) is 35.4 Å². The Morgan fingerprint density at radius 1 is 1.41 bits per heavy atom. The molecule has 0 saturated heterocycles. The van der Waals surface area contributed by atoms with Crippen LogP contribution in [0.3, 0.4) is 0 Å². The number of H-pyrrole nitrogens is 1. The minimum absolute atomic E-state index is 0.385. The molecule has 5 heteroatoms. The number of aryl methyl sites for hydroxylation is 2. The summed E-state index contributed by atoms with van der Waals surface area (Å²) in [5.74, 6) is 0.593. The number of nitrogens with zero attached hydrogens (tertiary/aromatic N) is 3. The molecule has 94 valence electrons. The van der Waals surface area contributed by atoms with Gasteiger partial charge < -0.3 is 4.98 Å². The molecule has 0 amide bonds. The number of imidazole rings is 1. The monoisotopic (exact) mass is 252 g/mol. The third-order valence-electron chi connectivity index (χ3n) is 3.75. The molecule has 0 radical (unpaired) electrons. The zero-order chi connectivity index (χ0) is 12.7. The minimum atomic E-state index is 0.385. The molecule has 0 aliphatic heterocycles. The van der Waals surface area contributed by atoms with E-state index in [9.17, 15) is 0 Å². The largest absolute Gasteiger partial charge is 0.328 e. The molecule has 0 spiro atoms. The highest BCUT2D eigenvalue weighted by Gasteiger charge is 2.19. The number of rotatable bonds is 3. The Kier molecular flexibility index (Phi) is 3.12. The van der Waals surface area contributed by atoms with Crippen molar-refractivity contribution in [3.05, 3.63) is 10.5 Å². The second-order valence-corrected chi connectivity index (χ2v) is 5.22. The van der Waals surface area contributed by atoms with E-state index in [0.29, 0.717) is 12.0 Å². The summed E-state index contributed by atoms with van der Waals surface area (Å²) in [4.78, 5) is 3.27. The van der Waals surface area contributed by atoms with Crippen molar-refractivity contribution in [3.8, 4) is 0 Å². The van der Waals surface area contributed by atoms with Crippen molar-refractivity contribution >= 4 is 23.4 Å². The average Bonchev–Trinajstić information content (AvgIpc) is 2.76. The predicted octanol–water partition coefficient (Wildman–Crippen LogP) is 3.35. The third-order valence-corrected chi connectivity index (χ3v) is 4.04. The first-order valence-electron chi connectivity index (χ1n) is 6.11. The molecule has 2 rings (SSSR count). The van der Waals surface area contributed by atoms with Gasteiger partial charge in [-0.1, -0.05) is 20.3 Å². The summed E-state index contributed by atoms with van der Waals surface area (Å²) in [7, 11) is 1.97. The maximum atomic E-state index is 5.44. The third kappa shape index (κ3) is 1.82. The minimum Gasteiger partial charge on any atom is -0.328 e. The molecule has 2 aromatic heterocycles. The summed E-state index contributed by atoms with van der Waals surface area (Å²) in [5, 5.41) is 4.44. The Morgan fingerprint density at radius 3 is 2.65 bits per heavy atom. The molecule has 0 aliphatic carbocycles. The molecule has 0 aliphatic rings. The number of hydrogen-bond donors (Lipinski definition) is 1. The Morgan fingerprint density at radius 2 is 2.06 bits per heavy atom. The van der Waals surface area contributed by atoms with Gasteiger partial charge in [0.05, 0.1) is 5.69 Å². The van der Waals surface area contributed by atoms with Crippen LogP contribution in [0.4, 0.5) is 0 Å². The average molecular weight is 252 g/mol. The highest BCUT2D eigenvalue weighted by Crippen LogP contribution is 2.26. The van der Waals surface area contributed by atoms with E-state index in [1.54, 1.807) is 0 Å². The molecule has 0 bridgehead atoms. The van der Waals surface area contributed by atoms with Crippen LogP contribution in [-0.2, 0) is 7.05 Å². The maximum absolute atomic E-state index is 5.44. The van der Waals surface area contributed by atoms with Crippen LogP contribution in [0.2, 0.25) is 0 Å². The Bertz CT molecular complexity index is 589. The molecule has 2 aromatic rings. The van der Waals surface area contributed by atoms with Gasteiger partial charge in [-0.2, -0.15) is 5.10 Å². The van der Waals surface area contributed by atoms with Gasteiger partial charge in [-0.25, -0.2) is 0 Å². The van der Waals surface area contributed by atoms with Crippen LogP contribution >= 0.6 is 12.2 Å². The van der Waals surface area contributed by atoms with Crippen molar-refractivity contribution in [3.63, 3.8) is 0 Å². The molecular formula is C12H20N4S. The van der Waals surface area contributed by atoms with E-state index < -0.39 is 0 Å². The lowest BCUT2D eigenvalue weighted by Gasteiger charge is -2.20. The lowest BCUT2D eigenvalue weighted by molar-refractivity contribution is 0.370. The lowest BCUT2D eigenvalue weighted by Crippen LogP contribution is -2.15. The number of nitrogens with one attached hydrogen (secondary N) is 1. The van der Waals surface area contributed by atoms with Crippen molar-refractivity contribution in [2.24, 2.45) is 13.0 Å². The van der Waals surface area contributed by atoms with Crippen LogP contribution in [0.5, 0.6) is 0 Å². The van der Waals surface area contributed by atoms with Gasteiger partial charge in [0, 0.05) is 13.1 Å².